The summed E-state index contributed by atoms with van der Waals surface area (Å²) in [6.45, 7) is 2.74. The normalized spacial score (nSPS) is 14.2. The quantitative estimate of drug-likeness (QED) is 0.744. The van der Waals surface area contributed by atoms with Crippen molar-refractivity contribution >= 4 is 16.5 Å². The van der Waals surface area contributed by atoms with Crippen molar-refractivity contribution in [3.63, 3.8) is 0 Å². The van der Waals surface area contributed by atoms with Crippen molar-refractivity contribution in [2.75, 3.05) is 11.4 Å². The zero-order chi connectivity index (χ0) is 14.1. The molecule has 0 unspecified atom stereocenters. The first-order valence-electron chi connectivity index (χ1n) is 7.00. The second-order valence-electron chi connectivity index (χ2n) is 5.10. The largest absolute Gasteiger partial charge is 0.337 e. The van der Waals surface area contributed by atoms with Crippen molar-refractivity contribution in [1.82, 2.24) is 19.7 Å². The van der Waals surface area contributed by atoms with E-state index in [1.54, 1.807) is 11.3 Å². The van der Waals surface area contributed by atoms with E-state index < -0.39 is 0 Å². The number of imidazole rings is 1. The predicted molar refractivity (Wildman–Crippen MR) is 82.4 cm³/mol. The molecule has 0 fully saturated rings. The molecule has 106 valence electrons. The number of anilines is 1. The number of benzene rings is 1. The SMILES string of the molecule is c1ccc(Cc2nnc(N3CCn4ccnc4C3)s2)cc1. The lowest BCUT2D eigenvalue weighted by atomic mass is 10.2. The summed E-state index contributed by atoms with van der Waals surface area (Å²) in [6.07, 6.45) is 4.74. The molecular weight excluding hydrogens is 282 g/mol. The van der Waals surface area contributed by atoms with Gasteiger partial charge in [0.05, 0.1) is 6.54 Å². The van der Waals surface area contributed by atoms with Gasteiger partial charge in [-0.15, -0.1) is 10.2 Å². The summed E-state index contributed by atoms with van der Waals surface area (Å²) in [4.78, 5) is 6.64. The molecule has 0 saturated carbocycles. The number of hydrogen-bond acceptors (Lipinski definition) is 5. The van der Waals surface area contributed by atoms with Crippen molar-refractivity contribution in [2.24, 2.45) is 0 Å². The van der Waals surface area contributed by atoms with Gasteiger partial charge in [-0.1, -0.05) is 41.7 Å². The van der Waals surface area contributed by atoms with E-state index in [1.165, 1.54) is 5.56 Å². The molecule has 0 atom stereocenters. The van der Waals surface area contributed by atoms with E-state index in [4.69, 9.17) is 0 Å². The lowest BCUT2D eigenvalue weighted by Crippen LogP contribution is -2.33. The molecule has 0 saturated heterocycles. The van der Waals surface area contributed by atoms with Crippen molar-refractivity contribution < 1.29 is 0 Å². The molecule has 21 heavy (non-hydrogen) atoms. The van der Waals surface area contributed by atoms with Crippen LogP contribution >= 0.6 is 11.3 Å². The van der Waals surface area contributed by atoms with Crippen LogP contribution in [0.1, 0.15) is 16.4 Å². The maximum atomic E-state index is 4.38. The molecule has 1 aliphatic rings. The molecule has 0 bridgehead atoms. The third kappa shape index (κ3) is 2.54. The van der Waals surface area contributed by atoms with Crippen LogP contribution in [-0.2, 0) is 19.5 Å². The van der Waals surface area contributed by atoms with E-state index in [0.717, 1.165) is 42.0 Å². The van der Waals surface area contributed by atoms with Gasteiger partial charge in [0, 0.05) is 31.9 Å². The topological polar surface area (TPSA) is 46.8 Å². The Balaban J connectivity index is 1.50. The Hall–Kier alpha value is -2.21. The van der Waals surface area contributed by atoms with Crippen LogP contribution in [0.5, 0.6) is 0 Å². The lowest BCUT2D eigenvalue weighted by molar-refractivity contribution is 0.558. The van der Waals surface area contributed by atoms with Crippen LogP contribution in [0.25, 0.3) is 0 Å². The Morgan fingerprint density at radius 3 is 2.90 bits per heavy atom. The Kier molecular flexibility index (Phi) is 3.16. The first-order chi connectivity index (χ1) is 10.4. The van der Waals surface area contributed by atoms with Crippen LogP contribution in [0.3, 0.4) is 0 Å². The molecule has 0 amide bonds. The summed E-state index contributed by atoms with van der Waals surface area (Å²) in [6, 6.07) is 10.4. The summed E-state index contributed by atoms with van der Waals surface area (Å²) in [5, 5.41) is 10.7. The average molecular weight is 297 g/mol. The fourth-order valence-corrected chi connectivity index (χ4v) is 3.45. The molecule has 1 aromatic carbocycles. The predicted octanol–water partition coefficient (Wildman–Crippen LogP) is 2.35. The molecule has 0 radical (unpaired) electrons. The van der Waals surface area contributed by atoms with Gasteiger partial charge >= 0.3 is 0 Å². The van der Waals surface area contributed by atoms with Gasteiger partial charge in [0.1, 0.15) is 10.8 Å². The molecule has 1 aliphatic heterocycles. The number of fused-ring (bicyclic) bond motifs is 1. The maximum Gasteiger partial charge on any atom is 0.208 e. The fraction of sp³-hybridized carbons (Fsp3) is 0.267. The lowest BCUT2D eigenvalue weighted by Gasteiger charge is -2.26. The molecule has 0 spiro atoms. The second kappa shape index (κ2) is 5.29. The van der Waals surface area contributed by atoms with E-state index in [0.29, 0.717) is 0 Å². The third-order valence-corrected chi connectivity index (χ3v) is 4.65. The zero-order valence-electron chi connectivity index (χ0n) is 11.5. The maximum absolute atomic E-state index is 4.38. The Morgan fingerprint density at radius 1 is 1.10 bits per heavy atom. The number of aromatic nitrogens is 4. The van der Waals surface area contributed by atoms with Gasteiger partial charge in [-0.2, -0.15) is 0 Å². The summed E-state index contributed by atoms with van der Waals surface area (Å²) in [5.41, 5.74) is 1.27. The fourth-order valence-electron chi connectivity index (χ4n) is 2.55. The van der Waals surface area contributed by atoms with Crippen molar-refractivity contribution in [1.29, 1.82) is 0 Å². The summed E-state index contributed by atoms with van der Waals surface area (Å²) in [7, 11) is 0. The van der Waals surface area contributed by atoms with Crippen LogP contribution in [0.4, 0.5) is 5.13 Å². The monoisotopic (exact) mass is 297 g/mol. The first kappa shape index (κ1) is 12.5. The van der Waals surface area contributed by atoms with E-state index in [1.807, 2.05) is 18.5 Å². The minimum Gasteiger partial charge on any atom is -0.337 e. The Bertz CT molecular complexity index is 733. The average Bonchev–Trinajstić information content (AvgIpc) is 3.16. The highest BCUT2D eigenvalue weighted by molar-refractivity contribution is 7.15. The molecule has 5 nitrogen and oxygen atoms in total. The van der Waals surface area contributed by atoms with E-state index in [2.05, 4.69) is 48.9 Å². The summed E-state index contributed by atoms with van der Waals surface area (Å²) >= 11 is 1.68. The highest BCUT2D eigenvalue weighted by atomic mass is 32.1. The Labute approximate surface area is 126 Å². The molecule has 3 heterocycles. The van der Waals surface area contributed by atoms with E-state index >= 15 is 0 Å². The van der Waals surface area contributed by atoms with Gasteiger partial charge < -0.3 is 9.47 Å². The number of nitrogens with zero attached hydrogens (tertiary/aromatic N) is 5. The Morgan fingerprint density at radius 2 is 2.00 bits per heavy atom. The van der Waals surface area contributed by atoms with Gasteiger partial charge in [-0.05, 0) is 5.56 Å². The molecule has 2 aromatic heterocycles. The molecular formula is C15H15N5S. The zero-order valence-corrected chi connectivity index (χ0v) is 12.3. The standard InChI is InChI=1S/C15H15N5S/c1-2-4-12(5-3-1)10-14-17-18-15(21-14)20-9-8-19-7-6-16-13(19)11-20/h1-7H,8-11H2. The third-order valence-electron chi connectivity index (χ3n) is 3.67. The minimum absolute atomic E-state index is 0.812. The van der Waals surface area contributed by atoms with Crippen LogP contribution in [0, 0.1) is 0 Å². The smallest absolute Gasteiger partial charge is 0.208 e. The van der Waals surface area contributed by atoms with Gasteiger partial charge in [-0.25, -0.2) is 4.98 Å². The molecule has 0 N–H and O–H groups in total. The molecule has 6 heteroatoms. The minimum atomic E-state index is 0.812. The summed E-state index contributed by atoms with van der Waals surface area (Å²) in [5.74, 6) is 1.10. The number of rotatable bonds is 3. The van der Waals surface area contributed by atoms with Crippen LogP contribution < -0.4 is 4.90 Å². The van der Waals surface area contributed by atoms with Crippen LogP contribution in [0.15, 0.2) is 42.7 Å². The highest BCUT2D eigenvalue weighted by Gasteiger charge is 2.20. The van der Waals surface area contributed by atoms with Crippen LogP contribution in [0.2, 0.25) is 0 Å². The van der Waals surface area contributed by atoms with Crippen LogP contribution in [-0.4, -0.2) is 26.3 Å². The van der Waals surface area contributed by atoms with Crippen molar-refractivity contribution in [3.8, 4) is 0 Å². The molecule has 4 rings (SSSR count). The van der Waals surface area contributed by atoms with Gasteiger partial charge in [-0.3, -0.25) is 0 Å². The van der Waals surface area contributed by atoms with Gasteiger partial charge in [0.15, 0.2) is 0 Å². The van der Waals surface area contributed by atoms with E-state index in [-0.39, 0.29) is 0 Å². The van der Waals surface area contributed by atoms with E-state index in [9.17, 15) is 0 Å². The van der Waals surface area contributed by atoms with Crippen molar-refractivity contribution in [2.45, 2.75) is 19.5 Å². The highest BCUT2D eigenvalue weighted by Crippen LogP contribution is 2.25. The molecule has 0 aliphatic carbocycles. The molecule has 3 aromatic rings. The second-order valence-corrected chi connectivity index (χ2v) is 6.14. The van der Waals surface area contributed by atoms with Gasteiger partial charge in [0.2, 0.25) is 5.13 Å². The summed E-state index contributed by atoms with van der Waals surface area (Å²) < 4.78 is 2.20. The number of hydrogen-bond donors (Lipinski definition) is 0. The first-order valence-corrected chi connectivity index (χ1v) is 7.81. The van der Waals surface area contributed by atoms with Crippen molar-refractivity contribution in [3.05, 3.63) is 59.1 Å². The van der Waals surface area contributed by atoms with Gasteiger partial charge in [0.25, 0.3) is 0 Å².